The van der Waals surface area contributed by atoms with Crippen molar-refractivity contribution in [2.45, 2.75) is 39.2 Å². The van der Waals surface area contributed by atoms with Crippen molar-refractivity contribution in [1.29, 1.82) is 0 Å². The van der Waals surface area contributed by atoms with Crippen molar-refractivity contribution >= 4 is 5.97 Å². The molecule has 0 aliphatic heterocycles. The van der Waals surface area contributed by atoms with Gasteiger partial charge in [0.05, 0.1) is 0 Å². The molecule has 3 saturated carbocycles. The molecule has 4 rings (SSSR count). The molecule has 2 heteroatoms. The zero-order chi connectivity index (χ0) is 12.4. The highest BCUT2D eigenvalue weighted by molar-refractivity contribution is 5.66. The van der Waals surface area contributed by atoms with Crippen molar-refractivity contribution in [3.05, 3.63) is 12.2 Å². The molecule has 0 aromatic carbocycles. The molecule has 4 aliphatic rings. The van der Waals surface area contributed by atoms with Crippen molar-refractivity contribution in [3.8, 4) is 0 Å². The summed E-state index contributed by atoms with van der Waals surface area (Å²) in [6.07, 6.45) is 9.01. The van der Waals surface area contributed by atoms with Crippen LogP contribution in [0.1, 0.15) is 33.1 Å². The van der Waals surface area contributed by atoms with Gasteiger partial charge in [0, 0.05) is 12.8 Å². The van der Waals surface area contributed by atoms with Crippen molar-refractivity contribution < 1.29 is 9.53 Å². The highest BCUT2D eigenvalue weighted by Crippen LogP contribution is 2.67. The number of ether oxygens (including phenoxy) is 1. The van der Waals surface area contributed by atoms with Crippen LogP contribution in [-0.4, -0.2) is 12.1 Å². The van der Waals surface area contributed by atoms with E-state index in [0.29, 0.717) is 11.8 Å². The molecule has 98 valence electrons. The zero-order valence-electron chi connectivity index (χ0n) is 11.2. The molecule has 3 fully saturated rings. The lowest BCUT2D eigenvalue weighted by molar-refractivity contribution is -0.155. The fourth-order valence-electron chi connectivity index (χ4n) is 6.01. The second kappa shape index (κ2) is 3.61. The first-order valence-corrected chi connectivity index (χ1v) is 7.56. The minimum atomic E-state index is -0.0822. The normalized spacial score (nSPS) is 55.0. The molecule has 0 saturated heterocycles. The lowest BCUT2D eigenvalue weighted by Gasteiger charge is -2.41. The minimum absolute atomic E-state index is 0.0822. The van der Waals surface area contributed by atoms with Crippen LogP contribution in [0.15, 0.2) is 12.2 Å². The Bertz CT molecular complexity index is 413. The first-order chi connectivity index (χ1) is 8.70. The van der Waals surface area contributed by atoms with E-state index >= 15 is 0 Å². The first kappa shape index (κ1) is 11.1. The van der Waals surface area contributed by atoms with Gasteiger partial charge in [-0.05, 0) is 54.8 Å². The number of allylic oxidation sites excluding steroid dienone is 2. The van der Waals surface area contributed by atoms with Gasteiger partial charge >= 0.3 is 5.97 Å². The molecule has 8 unspecified atom stereocenters. The van der Waals surface area contributed by atoms with E-state index in [1.165, 1.54) is 19.3 Å². The van der Waals surface area contributed by atoms with Gasteiger partial charge in [0.25, 0.3) is 0 Å². The summed E-state index contributed by atoms with van der Waals surface area (Å²) in [6.45, 7) is 3.83. The number of carbonyl (C=O) groups excluding carboxylic acids is 1. The molecule has 8 atom stereocenters. The quantitative estimate of drug-likeness (QED) is 0.425. The summed E-state index contributed by atoms with van der Waals surface area (Å²) >= 11 is 0. The summed E-state index contributed by atoms with van der Waals surface area (Å²) in [7, 11) is 0. The maximum Gasteiger partial charge on any atom is 0.302 e. The smallest absolute Gasteiger partial charge is 0.302 e. The van der Waals surface area contributed by atoms with Crippen LogP contribution in [0.4, 0.5) is 0 Å². The van der Waals surface area contributed by atoms with Crippen LogP contribution >= 0.6 is 0 Å². The van der Waals surface area contributed by atoms with Crippen LogP contribution in [0, 0.1) is 41.4 Å². The van der Waals surface area contributed by atoms with E-state index in [-0.39, 0.29) is 12.1 Å². The van der Waals surface area contributed by atoms with E-state index in [1.54, 1.807) is 6.92 Å². The monoisotopic (exact) mass is 246 g/mol. The van der Waals surface area contributed by atoms with Crippen molar-refractivity contribution in [3.63, 3.8) is 0 Å². The Labute approximate surface area is 109 Å². The van der Waals surface area contributed by atoms with Crippen LogP contribution in [0.5, 0.6) is 0 Å². The Balaban J connectivity index is 1.66. The molecule has 0 aromatic heterocycles. The summed E-state index contributed by atoms with van der Waals surface area (Å²) in [4.78, 5) is 11.4. The van der Waals surface area contributed by atoms with E-state index in [0.717, 1.165) is 29.6 Å². The van der Waals surface area contributed by atoms with Gasteiger partial charge < -0.3 is 4.74 Å². The highest BCUT2D eigenvalue weighted by atomic mass is 16.5. The Morgan fingerprint density at radius 1 is 1.17 bits per heavy atom. The van der Waals surface area contributed by atoms with Crippen LogP contribution in [0.2, 0.25) is 0 Å². The van der Waals surface area contributed by atoms with E-state index in [1.807, 2.05) is 0 Å². The van der Waals surface area contributed by atoms with E-state index in [9.17, 15) is 4.79 Å². The fourth-order valence-corrected chi connectivity index (χ4v) is 6.01. The predicted molar refractivity (Wildman–Crippen MR) is 68.6 cm³/mol. The van der Waals surface area contributed by atoms with Gasteiger partial charge in [-0.25, -0.2) is 0 Å². The average Bonchev–Trinajstić information content (AvgIpc) is 3.05. The van der Waals surface area contributed by atoms with Gasteiger partial charge in [0.15, 0.2) is 0 Å². The Kier molecular flexibility index (Phi) is 2.22. The molecule has 0 amide bonds. The van der Waals surface area contributed by atoms with Gasteiger partial charge in [0.2, 0.25) is 0 Å². The Morgan fingerprint density at radius 2 is 1.83 bits per heavy atom. The second-order valence-corrected chi connectivity index (χ2v) is 6.81. The predicted octanol–water partition coefficient (Wildman–Crippen LogP) is 3.03. The summed E-state index contributed by atoms with van der Waals surface area (Å²) in [6, 6.07) is 0. The van der Waals surface area contributed by atoms with Crippen LogP contribution in [0.3, 0.4) is 0 Å². The third-order valence-corrected chi connectivity index (χ3v) is 6.28. The SMILES string of the molecule is CCC1C2CC(C1OC(C)=O)C1C3C=CC(C3)C21. The zero-order valence-corrected chi connectivity index (χ0v) is 11.2. The number of hydrogen-bond donors (Lipinski definition) is 0. The lowest BCUT2D eigenvalue weighted by Crippen LogP contribution is -2.42. The Morgan fingerprint density at radius 3 is 2.44 bits per heavy atom. The van der Waals surface area contributed by atoms with Crippen LogP contribution < -0.4 is 0 Å². The van der Waals surface area contributed by atoms with E-state index < -0.39 is 0 Å². The van der Waals surface area contributed by atoms with Crippen molar-refractivity contribution in [2.75, 3.05) is 0 Å². The number of rotatable bonds is 2. The number of carbonyl (C=O) groups is 1. The first-order valence-electron chi connectivity index (χ1n) is 7.56. The second-order valence-electron chi connectivity index (χ2n) is 6.81. The summed E-state index contributed by atoms with van der Waals surface area (Å²) in [5, 5.41) is 0. The standard InChI is InChI=1S/C16H22O2/c1-3-11-12-7-13(16(11)18-8(2)17)15-10-5-4-9(6-10)14(12)15/h4-5,9-16H,3,6-7H2,1-2H3. The molecule has 0 spiro atoms. The molecule has 18 heavy (non-hydrogen) atoms. The summed E-state index contributed by atoms with van der Waals surface area (Å²) in [5.41, 5.74) is 0. The van der Waals surface area contributed by atoms with Gasteiger partial charge in [-0.1, -0.05) is 19.1 Å². The number of fused-ring (bicyclic) bond motifs is 9. The molecular formula is C16H22O2. The number of hydrogen-bond acceptors (Lipinski definition) is 2. The summed E-state index contributed by atoms with van der Waals surface area (Å²) < 4.78 is 5.70. The molecule has 4 aliphatic carbocycles. The molecule has 0 radical (unpaired) electrons. The summed E-state index contributed by atoms with van der Waals surface area (Å²) in [5.74, 6) is 5.43. The maximum atomic E-state index is 11.4. The molecule has 2 nitrogen and oxygen atoms in total. The van der Waals surface area contributed by atoms with Gasteiger partial charge in [0.1, 0.15) is 6.10 Å². The van der Waals surface area contributed by atoms with Crippen molar-refractivity contribution in [1.82, 2.24) is 0 Å². The molecule has 4 bridgehead atoms. The van der Waals surface area contributed by atoms with Gasteiger partial charge in [-0.3, -0.25) is 4.79 Å². The topological polar surface area (TPSA) is 26.3 Å². The van der Waals surface area contributed by atoms with Crippen LogP contribution in [0.25, 0.3) is 0 Å². The van der Waals surface area contributed by atoms with Gasteiger partial charge in [-0.15, -0.1) is 0 Å². The Hall–Kier alpha value is -0.790. The number of esters is 1. The third-order valence-electron chi connectivity index (χ3n) is 6.28. The highest BCUT2D eigenvalue weighted by Gasteiger charge is 2.65. The lowest BCUT2D eigenvalue weighted by atomic mass is 9.67. The maximum absolute atomic E-state index is 11.4. The largest absolute Gasteiger partial charge is 0.462 e. The molecule has 0 heterocycles. The van der Waals surface area contributed by atoms with Gasteiger partial charge in [-0.2, -0.15) is 0 Å². The molecular weight excluding hydrogens is 224 g/mol. The average molecular weight is 246 g/mol. The van der Waals surface area contributed by atoms with Crippen LogP contribution in [-0.2, 0) is 9.53 Å². The van der Waals surface area contributed by atoms with E-state index in [4.69, 9.17) is 4.74 Å². The molecule has 0 N–H and O–H groups in total. The minimum Gasteiger partial charge on any atom is -0.462 e. The third kappa shape index (κ3) is 1.22. The van der Waals surface area contributed by atoms with E-state index in [2.05, 4.69) is 19.1 Å². The fraction of sp³-hybridized carbons (Fsp3) is 0.812. The molecule has 0 aromatic rings. The van der Waals surface area contributed by atoms with Crippen molar-refractivity contribution in [2.24, 2.45) is 41.4 Å².